The third kappa shape index (κ3) is 1.37. The minimum Gasteiger partial charge on any atom is -0.483 e. The van der Waals surface area contributed by atoms with E-state index in [0.29, 0.717) is 6.54 Å². The predicted molar refractivity (Wildman–Crippen MR) is 53.8 cm³/mol. The van der Waals surface area contributed by atoms with Gasteiger partial charge in [0.2, 0.25) is 5.90 Å². The van der Waals surface area contributed by atoms with E-state index in [1.807, 2.05) is 12.1 Å². The second kappa shape index (κ2) is 3.09. The molecule has 0 aliphatic carbocycles. The molecule has 1 heterocycles. The maximum absolute atomic E-state index is 5.08. The Balaban J connectivity index is 2.47. The molecule has 2 rings (SSSR count). The van der Waals surface area contributed by atoms with Crippen LogP contribution < -0.4 is 5.32 Å². The number of fused-ring (bicyclic) bond motifs is 1. The zero-order valence-electron chi connectivity index (χ0n) is 7.79. The molecule has 68 valence electrons. The third-order valence-electron chi connectivity index (χ3n) is 2.15. The summed E-state index contributed by atoms with van der Waals surface area (Å²) in [4.78, 5) is 4.36. The molecule has 3 heteroatoms. The van der Waals surface area contributed by atoms with E-state index in [1.165, 1.54) is 5.56 Å². The standard InChI is InChI=1S/C10H12N2O/c1-7-4-3-5-8-10(7)11-6-9(12-8)13-2/h3-5,11H,6H2,1-2H3. The molecular formula is C10H12N2O. The number of nitrogens with one attached hydrogen (secondary N) is 1. The Morgan fingerprint density at radius 2 is 2.31 bits per heavy atom. The van der Waals surface area contributed by atoms with Gasteiger partial charge in [-0.2, -0.15) is 0 Å². The highest BCUT2D eigenvalue weighted by molar-refractivity contribution is 5.90. The van der Waals surface area contributed by atoms with Crippen molar-refractivity contribution in [3.8, 4) is 0 Å². The molecule has 0 saturated carbocycles. The number of hydrogen-bond acceptors (Lipinski definition) is 3. The number of nitrogens with zero attached hydrogens (tertiary/aromatic N) is 1. The Kier molecular flexibility index (Phi) is 1.93. The topological polar surface area (TPSA) is 33.6 Å². The van der Waals surface area contributed by atoms with Gasteiger partial charge in [-0.15, -0.1) is 0 Å². The highest BCUT2D eigenvalue weighted by Gasteiger charge is 2.12. The van der Waals surface area contributed by atoms with E-state index in [0.717, 1.165) is 17.3 Å². The van der Waals surface area contributed by atoms with Crippen molar-refractivity contribution < 1.29 is 4.74 Å². The van der Waals surface area contributed by atoms with Crippen molar-refractivity contribution >= 4 is 17.3 Å². The van der Waals surface area contributed by atoms with Crippen LogP contribution in [0.15, 0.2) is 23.2 Å². The SMILES string of the molecule is COC1=Nc2cccc(C)c2NC1. The van der Waals surface area contributed by atoms with E-state index in [-0.39, 0.29) is 0 Å². The molecule has 0 bridgehead atoms. The first-order chi connectivity index (χ1) is 6.31. The molecule has 0 spiro atoms. The summed E-state index contributed by atoms with van der Waals surface area (Å²) >= 11 is 0. The maximum atomic E-state index is 5.08. The van der Waals surface area contributed by atoms with Crippen LogP contribution in [0.3, 0.4) is 0 Å². The van der Waals surface area contributed by atoms with Crippen LogP contribution in [0.25, 0.3) is 0 Å². The average molecular weight is 176 g/mol. The van der Waals surface area contributed by atoms with Gasteiger partial charge >= 0.3 is 0 Å². The molecule has 0 radical (unpaired) electrons. The quantitative estimate of drug-likeness (QED) is 0.656. The first-order valence-electron chi connectivity index (χ1n) is 4.26. The fourth-order valence-corrected chi connectivity index (χ4v) is 1.43. The van der Waals surface area contributed by atoms with Gasteiger partial charge in [-0.3, -0.25) is 0 Å². The molecule has 1 aromatic rings. The number of aliphatic imine (C=N–C) groups is 1. The number of aryl methyl sites for hydroxylation is 1. The lowest BCUT2D eigenvalue weighted by atomic mass is 10.1. The van der Waals surface area contributed by atoms with Crippen molar-refractivity contribution in [3.05, 3.63) is 23.8 Å². The summed E-state index contributed by atoms with van der Waals surface area (Å²) in [6, 6.07) is 6.05. The van der Waals surface area contributed by atoms with Gasteiger partial charge in [0.1, 0.15) is 0 Å². The Morgan fingerprint density at radius 1 is 1.46 bits per heavy atom. The number of rotatable bonds is 0. The van der Waals surface area contributed by atoms with Crippen LogP contribution in [0.2, 0.25) is 0 Å². The van der Waals surface area contributed by atoms with Gasteiger partial charge in [0.15, 0.2) is 0 Å². The molecule has 1 aliphatic heterocycles. The highest BCUT2D eigenvalue weighted by Crippen LogP contribution is 2.30. The van der Waals surface area contributed by atoms with Gasteiger partial charge in [-0.1, -0.05) is 12.1 Å². The summed E-state index contributed by atoms with van der Waals surface area (Å²) in [6.45, 7) is 2.74. The van der Waals surface area contributed by atoms with Gasteiger partial charge in [-0.05, 0) is 18.6 Å². The largest absolute Gasteiger partial charge is 0.483 e. The third-order valence-corrected chi connectivity index (χ3v) is 2.15. The van der Waals surface area contributed by atoms with Crippen LogP contribution in [0.1, 0.15) is 5.56 Å². The van der Waals surface area contributed by atoms with E-state index in [4.69, 9.17) is 4.74 Å². The lowest BCUT2D eigenvalue weighted by molar-refractivity contribution is 0.397. The van der Waals surface area contributed by atoms with Crippen molar-refractivity contribution in [3.63, 3.8) is 0 Å². The van der Waals surface area contributed by atoms with Crippen molar-refractivity contribution in [1.82, 2.24) is 0 Å². The molecule has 0 fully saturated rings. The molecule has 0 amide bonds. The van der Waals surface area contributed by atoms with Crippen molar-refractivity contribution in [2.24, 2.45) is 4.99 Å². The molecule has 1 N–H and O–H groups in total. The first kappa shape index (κ1) is 8.10. The van der Waals surface area contributed by atoms with E-state index < -0.39 is 0 Å². The lowest BCUT2D eigenvalue weighted by Crippen LogP contribution is -2.19. The number of methoxy groups -OCH3 is 1. The number of benzene rings is 1. The predicted octanol–water partition coefficient (Wildman–Crippen LogP) is 2.10. The molecule has 0 saturated heterocycles. The zero-order chi connectivity index (χ0) is 9.26. The van der Waals surface area contributed by atoms with Crippen molar-refractivity contribution in [2.45, 2.75) is 6.92 Å². The lowest BCUT2D eigenvalue weighted by Gasteiger charge is -2.18. The second-order valence-electron chi connectivity index (χ2n) is 3.03. The van der Waals surface area contributed by atoms with Crippen LogP contribution in [-0.2, 0) is 4.74 Å². The molecule has 0 aromatic heterocycles. The summed E-state index contributed by atoms with van der Waals surface area (Å²) in [6.07, 6.45) is 0. The van der Waals surface area contributed by atoms with E-state index in [1.54, 1.807) is 7.11 Å². The van der Waals surface area contributed by atoms with Crippen LogP contribution in [0.5, 0.6) is 0 Å². The molecule has 0 atom stereocenters. The van der Waals surface area contributed by atoms with Crippen molar-refractivity contribution in [1.29, 1.82) is 0 Å². The minimum absolute atomic E-state index is 0.675. The summed E-state index contributed by atoms with van der Waals surface area (Å²) in [5, 5.41) is 3.28. The van der Waals surface area contributed by atoms with Gasteiger partial charge in [0.05, 0.1) is 25.0 Å². The Morgan fingerprint density at radius 3 is 3.08 bits per heavy atom. The number of anilines is 1. The summed E-state index contributed by atoms with van der Waals surface area (Å²) in [5.41, 5.74) is 3.29. The smallest absolute Gasteiger partial charge is 0.208 e. The molecular weight excluding hydrogens is 164 g/mol. The Bertz CT molecular complexity index is 358. The number of ether oxygens (including phenoxy) is 1. The minimum atomic E-state index is 0.675. The van der Waals surface area contributed by atoms with Gasteiger partial charge in [0, 0.05) is 0 Å². The van der Waals surface area contributed by atoms with Gasteiger partial charge in [0.25, 0.3) is 0 Å². The number of para-hydroxylation sites is 1. The Hall–Kier alpha value is -1.51. The fraction of sp³-hybridized carbons (Fsp3) is 0.300. The van der Waals surface area contributed by atoms with Crippen LogP contribution in [0.4, 0.5) is 11.4 Å². The zero-order valence-corrected chi connectivity index (χ0v) is 7.79. The van der Waals surface area contributed by atoms with Gasteiger partial charge < -0.3 is 10.1 Å². The van der Waals surface area contributed by atoms with E-state index in [9.17, 15) is 0 Å². The monoisotopic (exact) mass is 176 g/mol. The fourth-order valence-electron chi connectivity index (χ4n) is 1.43. The van der Waals surface area contributed by atoms with Gasteiger partial charge in [-0.25, -0.2) is 4.99 Å². The Labute approximate surface area is 77.4 Å². The van der Waals surface area contributed by atoms with E-state index in [2.05, 4.69) is 23.3 Å². The molecule has 3 nitrogen and oxygen atoms in total. The maximum Gasteiger partial charge on any atom is 0.208 e. The number of hydrogen-bond donors (Lipinski definition) is 1. The van der Waals surface area contributed by atoms with Crippen LogP contribution >= 0.6 is 0 Å². The average Bonchev–Trinajstić information content (AvgIpc) is 2.18. The second-order valence-corrected chi connectivity index (χ2v) is 3.03. The van der Waals surface area contributed by atoms with Crippen LogP contribution in [-0.4, -0.2) is 19.6 Å². The van der Waals surface area contributed by atoms with Crippen LogP contribution in [0, 0.1) is 6.92 Å². The van der Waals surface area contributed by atoms with E-state index >= 15 is 0 Å². The molecule has 13 heavy (non-hydrogen) atoms. The molecule has 0 unspecified atom stereocenters. The summed E-state index contributed by atoms with van der Waals surface area (Å²) in [7, 11) is 1.64. The summed E-state index contributed by atoms with van der Waals surface area (Å²) < 4.78 is 5.08. The van der Waals surface area contributed by atoms with Crippen molar-refractivity contribution in [2.75, 3.05) is 19.0 Å². The first-order valence-corrected chi connectivity index (χ1v) is 4.26. The normalized spacial score (nSPS) is 14.2. The highest BCUT2D eigenvalue weighted by atomic mass is 16.5. The molecule has 1 aromatic carbocycles. The molecule has 1 aliphatic rings. The summed E-state index contributed by atoms with van der Waals surface area (Å²) in [5.74, 6) is 0.734.